The van der Waals surface area contributed by atoms with Crippen LogP contribution in [0.25, 0.3) is 0 Å². The van der Waals surface area contributed by atoms with Crippen LogP contribution in [0, 0.1) is 5.92 Å². The fraction of sp³-hybridized carbons (Fsp3) is 0.917. The molecular weight excluding hydrogens is 226 g/mol. The Morgan fingerprint density at radius 2 is 2.00 bits per heavy atom. The van der Waals surface area contributed by atoms with E-state index < -0.39 is 5.92 Å². The average molecular weight is 246 g/mol. The van der Waals surface area contributed by atoms with Crippen LogP contribution in [-0.2, 0) is 4.79 Å². The first kappa shape index (κ1) is 12.7. The van der Waals surface area contributed by atoms with Gasteiger partial charge in [-0.1, -0.05) is 0 Å². The molecule has 3 nitrogen and oxygen atoms in total. The smallest absolute Gasteiger partial charge is 0.248 e. The van der Waals surface area contributed by atoms with Gasteiger partial charge in [-0.15, -0.1) is 0 Å². The number of nitrogens with one attached hydrogen (secondary N) is 1. The summed E-state index contributed by atoms with van der Waals surface area (Å²) in [5.74, 6) is -2.65. The van der Waals surface area contributed by atoms with Crippen molar-refractivity contribution in [2.75, 3.05) is 19.6 Å². The number of piperazine rings is 1. The normalized spacial score (nSPS) is 30.3. The van der Waals surface area contributed by atoms with E-state index in [-0.39, 0.29) is 24.7 Å². The predicted octanol–water partition coefficient (Wildman–Crippen LogP) is 1.63. The Morgan fingerprint density at radius 3 is 2.59 bits per heavy atom. The third kappa shape index (κ3) is 3.15. The van der Waals surface area contributed by atoms with Gasteiger partial charge in [0.2, 0.25) is 11.8 Å². The fourth-order valence-electron chi connectivity index (χ4n) is 2.68. The molecule has 2 fully saturated rings. The summed E-state index contributed by atoms with van der Waals surface area (Å²) in [6.07, 6.45) is 0.407. The molecule has 98 valence electrons. The van der Waals surface area contributed by atoms with Gasteiger partial charge in [0.25, 0.3) is 0 Å². The van der Waals surface area contributed by atoms with Crippen LogP contribution in [0.2, 0.25) is 0 Å². The summed E-state index contributed by atoms with van der Waals surface area (Å²) in [7, 11) is 0. The van der Waals surface area contributed by atoms with Crippen LogP contribution in [0.1, 0.15) is 32.6 Å². The van der Waals surface area contributed by atoms with E-state index in [0.717, 1.165) is 6.54 Å². The van der Waals surface area contributed by atoms with Gasteiger partial charge < -0.3 is 10.2 Å². The first-order valence-corrected chi connectivity index (χ1v) is 6.38. The van der Waals surface area contributed by atoms with E-state index in [1.54, 1.807) is 0 Å². The van der Waals surface area contributed by atoms with Gasteiger partial charge >= 0.3 is 0 Å². The molecule has 1 amide bonds. The number of carbonyl (C=O) groups is 1. The summed E-state index contributed by atoms with van der Waals surface area (Å²) in [5.41, 5.74) is 0. The van der Waals surface area contributed by atoms with Crippen LogP contribution >= 0.6 is 0 Å². The first-order valence-electron chi connectivity index (χ1n) is 6.38. The Bertz CT molecular complexity index is 286. The number of halogens is 2. The molecule has 0 radical (unpaired) electrons. The number of carbonyl (C=O) groups excluding carboxylic acids is 1. The van der Waals surface area contributed by atoms with Gasteiger partial charge in [0, 0.05) is 44.4 Å². The van der Waals surface area contributed by atoms with Crippen LogP contribution in [0.5, 0.6) is 0 Å². The largest absolute Gasteiger partial charge is 0.340 e. The fourth-order valence-corrected chi connectivity index (χ4v) is 2.68. The first-order chi connectivity index (χ1) is 7.98. The summed E-state index contributed by atoms with van der Waals surface area (Å²) in [6, 6.07) is 0.303. The summed E-state index contributed by atoms with van der Waals surface area (Å²) < 4.78 is 26.0. The van der Waals surface area contributed by atoms with Gasteiger partial charge in [-0.05, 0) is 19.8 Å². The Balaban J connectivity index is 1.88. The van der Waals surface area contributed by atoms with Crippen molar-refractivity contribution in [1.82, 2.24) is 10.2 Å². The van der Waals surface area contributed by atoms with Crippen LogP contribution in [0.4, 0.5) is 8.78 Å². The van der Waals surface area contributed by atoms with Crippen molar-refractivity contribution in [1.29, 1.82) is 0 Å². The minimum Gasteiger partial charge on any atom is -0.340 e. The molecule has 0 bridgehead atoms. The lowest BCUT2D eigenvalue weighted by Gasteiger charge is -2.36. The molecule has 2 rings (SSSR count). The predicted molar refractivity (Wildman–Crippen MR) is 60.9 cm³/mol. The molecule has 1 aliphatic heterocycles. The van der Waals surface area contributed by atoms with Gasteiger partial charge in [0.1, 0.15) is 0 Å². The maximum atomic E-state index is 13.0. The van der Waals surface area contributed by atoms with Crippen molar-refractivity contribution in [3.05, 3.63) is 0 Å². The zero-order chi connectivity index (χ0) is 12.5. The summed E-state index contributed by atoms with van der Waals surface area (Å²) in [6.45, 7) is 4.24. The molecule has 1 heterocycles. The quantitative estimate of drug-likeness (QED) is 0.762. The summed E-state index contributed by atoms with van der Waals surface area (Å²) in [5, 5.41) is 3.27. The maximum absolute atomic E-state index is 13.0. The second kappa shape index (κ2) is 4.88. The number of nitrogens with zero attached hydrogens (tertiary/aromatic N) is 1. The van der Waals surface area contributed by atoms with E-state index in [2.05, 4.69) is 5.32 Å². The molecule has 1 unspecified atom stereocenters. The van der Waals surface area contributed by atoms with Crippen molar-refractivity contribution < 1.29 is 13.6 Å². The van der Waals surface area contributed by atoms with E-state index in [9.17, 15) is 13.6 Å². The molecular formula is C12H20F2N2O. The number of amides is 1. The molecule has 0 aromatic rings. The second-order valence-corrected chi connectivity index (χ2v) is 5.27. The summed E-state index contributed by atoms with van der Waals surface area (Å²) >= 11 is 0. The van der Waals surface area contributed by atoms with Crippen molar-refractivity contribution in [2.45, 2.75) is 44.6 Å². The Kier molecular flexibility index (Phi) is 3.66. The van der Waals surface area contributed by atoms with Crippen molar-refractivity contribution >= 4 is 5.91 Å². The maximum Gasteiger partial charge on any atom is 0.248 e. The highest BCUT2D eigenvalue weighted by Gasteiger charge is 2.38. The van der Waals surface area contributed by atoms with Gasteiger partial charge in [0.15, 0.2) is 0 Å². The highest BCUT2D eigenvalue weighted by atomic mass is 19.3. The molecule has 5 heteroatoms. The molecule has 17 heavy (non-hydrogen) atoms. The van der Waals surface area contributed by atoms with Crippen molar-refractivity contribution in [2.24, 2.45) is 5.92 Å². The van der Waals surface area contributed by atoms with Crippen LogP contribution in [-0.4, -0.2) is 42.4 Å². The lowest BCUT2D eigenvalue weighted by Crippen LogP contribution is -2.53. The lowest BCUT2D eigenvalue weighted by molar-refractivity contribution is -0.140. The average Bonchev–Trinajstić information content (AvgIpc) is 2.28. The SMILES string of the molecule is CC1CN(C(=O)C2CCC(F)(F)CC2)CCN1. The van der Waals surface area contributed by atoms with Gasteiger partial charge in [-0.25, -0.2) is 8.78 Å². The third-order valence-electron chi connectivity index (χ3n) is 3.75. The topological polar surface area (TPSA) is 32.3 Å². The number of alkyl halides is 2. The molecule has 0 spiro atoms. The van der Waals surface area contributed by atoms with Crippen LogP contribution in [0.15, 0.2) is 0 Å². The highest BCUT2D eigenvalue weighted by molar-refractivity contribution is 5.79. The number of hydrogen-bond donors (Lipinski definition) is 1. The van der Waals surface area contributed by atoms with Crippen LogP contribution in [0.3, 0.4) is 0 Å². The number of hydrogen-bond acceptors (Lipinski definition) is 2. The molecule has 1 N–H and O–H groups in total. The molecule has 1 aliphatic carbocycles. The third-order valence-corrected chi connectivity index (χ3v) is 3.75. The van der Waals surface area contributed by atoms with Crippen molar-refractivity contribution in [3.63, 3.8) is 0 Å². The van der Waals surface area contributed by atoms with Gasteiger partial charge in [0.05, 0.1) is 0 Å². The minimum atomic E-state index is -2.55. The van der Waals surface area contributed by atoms with E-state index in [1.807, 2.05) is 11.8 Å². The van der Waals surface area contributed by atoms with E-state index >= 15 is 0 Å². The molecule has 2 aliphatic rings. The molecule has 0 aromatic carbocycles. The van der Waals surface area contributed by atoms with Crippen molar-refractivity contribution in [3.8, 4) is 0 Å². The molecule has 1 saturated heterocycles. The zero-order valence-corrected chi connectivity index (χ0v) is 10.2. The Labute approximate surface area is 101 Å². The minimum absolute atomic E-state index is 0.0776. The lowest BCUT2D eigenvalue weighted by atomic mass is 9.85. The van der Waals surface area contributed by atoms with E-state index in [4.69, 9.17) is 0 Å². The van der Waals surface area contributed by atoms with Gasteiger partial charge in [-0.2, -0.15) is 0 Å². The van der Waals surface area contributed by atoms with E-state index in [0.29, 0.717) is 32.0 Å². The molecule has 1 atom stereocenters. The zero-order valence-electron chi connectivity index (χ0n) is 10.2. The van der Waals surface area contributed by atoms with E-state index in [1.165, 1.54) is 0 Å². The standard InChI is InChI=1S/C12H20F2N2O/c1-9-8-16(7-6-15-9)11(17)10-2-4-12(13,14)5-3-10/h9-10,15H,2-8H2,1H3. The second-order valence-electron chi connectivity index (χ2n) is 5.27. The van der Waals surface area contributed by atoms with Gasteiger partial charge in [-0.3, -0.25) is 4.79 Å². The Morgan fingerprint density at radius 1 is 1.35 bits per heavy atom. The molecule has 1 saturated carbocycles. The monoisotopic (exact) mass is 246 g/mol. The summed E-state index contributed by atoms with van der Waals surface area (Å²) in [4.78, 5) is 14.0. The van der Waals surface area contributed by atoms with Crippen LogP contribution < -0.4 is 5.32 Å². The number of rotatable bonds is 1. The highest BCUT2D eigenvalue weighted by Crippen LogP contribution is 2.36. The molecule has 0 aromatic heterocycles. The Hall–Kier alpha value is -0.710.